The lowest BCUT2D eigenvalue weighted by molar-refractivity contribution is -0.137. The van der Waals surface area contributed by atoms with Gasteiger partial charge >= 0.3 is 6.18 Å². The molecule has 1 N–H and O–H groups in total. The summed E-state index contributed by atoms with van der Waals surface area (Å²) in [5.74, 6) is 1.15. The smallest absolute Gasteiger partial charge is 0.416 e. The van der Waals surface area contributed by atoms with Crippen LogP contribution in [0.2, 0.25) is 0 Å². The van der Waals surface area contributed by atoms with Crippen LogP contribution >= 0.6 is 15.9 Å². The Morgan fingerprint density at radius 1 is 0.968 bits per heavy atom. The van der Waals surface area contributed by atoms with E-state index in [1.807, 2.05) is 31.2 Å². The molecule has 0 aliphatic heterocycles. The summed E-state index contributed by atoms with van der Waals surface area (Å²) in [4.78, 5) is 0. The molecule has 0 atom stereocenters. The number of nitrogens with zero attached hydrogens (tertiary/aromatic N) is 1. The normalized spacial score (nSPS) is 11.5. The summed E-state index contributed by atoms with van der Waals surface area (Å²) >= 11 is 3.40. The molecule has 0 aliphatic rings. The van der Waals surface area contributed by atoms with Crippen molar-refractivity contribution >= 4 is 27.8 Å². The van der Waals surface area contributed by atoms with Gasteiger partial charge in [0.2, 0.25) is 0 Å². The van der Waals surface area contributed by atoms with Gasteiger partial charge in [-0.05, 0) is 66.6 Å². The molecule has 3 rings (SSSR count). The highest BCUT2D eigenvalue weighted by Crippen LogP contribution is 2.31. The Balaban J connectivity index is 1.68. The Kier molecular flexibility index (Phi) is 7.57. The third-order valence-electron chi connectivity index (χ3n) is 4.17. The first-order valence-electron chi connectivity index (χ1n) is 9.45. The fraction of sp³-hybridized carbons (Fsp3) is 0.174. The van der Waals surface area contributed by atoms with Gasteiger partial charge in [-0.2, -0.15) is 18.3 Å². The van der Waals surface area contributed by atoms with E-state index in [9.17, 15) is 13.2 Å². The number of alkyl halides is 3. The number of hydrogen-bond acceptors (Lipinski definition) is 4. The maximum Gasteiger partial charge on any atom is 0.416 e. The van der Waals surface area contributed by atoms with Crippen LogP contribution in [0.3, 0.4) is 0 Å². The van der Waals surface area contributed by atoms with Crippen molar-refractivity contribution in [3.63, 3.8) is 0 Å². The van der Waals surface area contributed by atoms with Crippen molar-refractivity contribution in [1.29, 1.82) is 0 Å². The average molecular weight is 493 g/mol. The summed E-state index contributed by atoms with van der Waals surface area (Å²) in [6.07, 6.45) is -2.90. The zero-order valence-corrected chi connectivity index (χ0v) is 18.2. The molecule has 8 heteroatoms. The number of anilines is 1. The molecule has 0 bridgehead atoms. The van der Waals surface area contributed by atoms with Crippen LogP contribution in [0.5, 0.6) is 11.5 Å². The molecule has 0 unspecified atom stereocenters. The quantitative estimate of drug-likeness (QED) is 0.275. The molecule has 0 radical (unpaired) electrons. The second kappa shape index (κ2) is 10.3. The second-order valence-corrected chi connectivity index (χ2v) is 7.42. The summed E-state index contributed by atoms with van der Waals surface area (Å²) < 4.78 is 51.0. The topological polar surface area (TPSA) is 42.8 Å². The zero-order chi connectivity index (χ0) is 22.3. The molecule has 0 saturated heterocycles. The SMILES string of the molecule is CCOc1cc(C=NNc2cccc(C(F)(F)F)c2)ccc1OCc1ccc(Br)cc1. The lowest BCUT2D eigenvalue weighted by Gasteiger charge is -2.13. The first kappa shape index (κ1) is 22.7. The van der Waals surface area contributed by atoms with Gasteiger partial charge in [0.15, 0.2) is 11.5 Å². The Bertz CT molecular complexity index is 1040. The first-order chi connectivity index (χ1) is 14.8. The van der Waals surface area contributed by atoms with Crippen molar-refractivity contribution in [2.24, 2.45) is 5.10 Å². The van der Waals surface area contributed by atoms with E-state index in [1.54, 1.807) is 18.2 Å². The van der Waals surface area contributed by atoms with E-state index >= 15 is 0 Å². The summed E-state index contributed by atoms with van der Waals surface area (Å²) in [6, 6.07) is 18.0. The molecule has 0 saturated carbocycles. The van der Waals surface area contributed by atoms with Gasteiger partial charge in [0.05, 0.1) is 24.1 Å². The molecule has 162 valence electrons. The molecular weight excluding hydrogens is 473 g/mol. The van der Waals surface area contributed by atoms with Gasteiger partial charge in [-0.3, -0.25) is 5.43 Å². The molecule has 3 aromatic carbocycles. The standard InChI is InChI=1S/C23H20BrF3N2O2/c1-2-30-22-12-17(8-11-21(22)31-15-16-6-9-19(24)10-7-16)14-28-29-20-5-3-4-18(13-20)23(25,26)27/h3-14,29H,2,15H2,1H3. The van der Waals surface area contributed by atoms with Crippen molar-refractivity contribution < 1.29 is 22.6 Å². The van der Waals surface area contributed by atoms with Crippen LogP contribution in [-0.4, -0.2) is 12.8 Å². The molecule has 0 amide bonds. The van der Waals surface area contributed by atoms with E-state index in [2.05, 4.69) is 26.5 Å². The molecule has 0 fully saturated rings. The maximum atomic E-state index is 12.8. The van der Waals surface area contributed by atoms with Gasteiger partial charge in [-0.1, -0.05) is 34.1 Å². The van der Waals surface area contributed by atoms with E-state index in [-0.39, 0.29) is 5.69 Å². The van der Waals surface area contributed by atoms with Gasteiger partial charge < -0.3 is 9.47 Å². The highest BCUT2D eigenvalue weighted by molar-refractivity contribution is 9.10. The number of hydrazone groups is 1. The summed E-state index contributed by atoms with van der Waals surface area (Å²) in [7, 11) is 0. The molecule has 0 spiro atoms. The minimum atomic E-state index is -4.40. The van der Waals surface area contributed by atoms with Crippen LogP contribution in [-0.2, 0) is 12.8 Å². The Labute approximate surface area is 186 Å². The summed E-state index contributed by atoms with van der Waals surface area (Å²) in [5.41, 5.74) is 3.84. The highest BCUT2D eigenvalue weighted by Gasteiger charge is 2.30. The summed E-state index contributed by atoms with van der Waals surface area (Å²) in [6.45, 7) is 2.71. The number of benzene rings is 3. The summed E-state index contributed by atoms with van der Waals surface area (Å²) in [5, 5.41) is 4.02. The molecule has 0 heterocycles. The first-order valence-corrected chi connectivity index (χ1v) is 10.2. The van der Waals surface area contributed by atoms with E-state index in [1.165, 1.54) is 18.3 Å². The van der Waals surface area contributed by atoms with Crippen molar-refractivity contribution in [2.75, 3.05) is 12.0 Å². The van der Waals surface area contributed by atoms with E-state index in [0.717, 1.165) is 22.2 Å². The lowest BCUT2D eigenvalue weighted by atomic mass is 10.2. The maximum absolute atomic E-state index is 12.8. The lowest BCUT2D eigenvalue weighted by Crippen LogP contribution is -2.05. The van der Waals surface area contributed by atoms with Crippen LogP contribution in [0.1, 0.15) is 23.6 Å². The third kappa shape index (κ3) is 6.75. The third-order valence-corrected chi connectivity index (χ3v) is 4.70. The van der Waals surface area contributed by atoms with Crippen molar-refractivity contribution in [1.82, 2.24) is 0 Å². The van der Waals surface area contributed by atoms with E-state index in [4.69, 9.17) is 9.47 Å². The molecule has 31 heavy (non-hydrogen) atoms. The predicted molar refractivity (Wildman–Crippen MR) is 119 cm³/mol. The van der Waals surface area contributed by atoms with E-state index < -0.39 is 11.7 Å². The molecule has 4 nitrogen and oxygen atoms in total. The fourth-order valence-corrected chi connectivity index (χ4v) is 2.94. The largest absolute Gasteiger partial charge is 0.490 e. The van der Waals surface area contributed by atoms with Gasteiger partial charge in [-0.25, -0.2) is 0 Å². The zero-order valence-electron chi connectivity index (χ0n) is 16.6. The Morgan fingerprint density at radius 2 is 1.74 bits per heavy atom. The van der Waals surface area contributed by atoms with Crippen LogP contribution in [0.4, 0.5) is 18.9 Å². The van der Waals surface area contributed by atoms with Gasteiger partial charge in [-0.15, -0.1) is 0 Å². The second-order valence-electron chi connectivity index (χ2n) is 6.50. The number of nitrogens with one attached hydrogen (secondary N) is 1. The number of hydrogen-bond donors (Lipinski definition) is 1. The van der Waals surface area contributed by atoms with Gasteiger partial charge in [0.1, 0.15) is 6.61 Å². The van der Waals surface area contributed by atoms with Crippen LogP contribution in [0.25, 0.3) is 0 Å². The molecular formula is C23H20BrF3N2O2. The van der Waals surface area contributed by atoms with Gasteiger partial charge in [0.25, 0.3) is 0 Å². The van der Waals surface area contributed by atoms with Crippen molar-refractivity contribution in [3.8, 4) is 11.5 Å². The minimum absolute atomic E-state index is 0.241. The molecule has 0 aromatic heterocycles. The Morgan fingerprint density at radius 3 is 2.45 bits per heavy atom. The fourth-order valence-electron chi connectivity index (χ4n) is 2.68. The number of ether oxygens (including phenoxy) is 2. The average Bonchev–Trinajstić information content (AvgIpc) is 2.74. The van der Waals surface area contributed by atoms with Crippen LogP contribution in [0, 0.1) is 0 Å². The van der Waals surface area contributed by atoms with Crippen molar-refractivity contribution in [2.45, 2.75) is 19.7 Å². The van der Waals surface area contributed by atoms with Gasteiger partial charge in [0, 0.05) is 4.47 Å². The van der Waals surface area contributed by atoms with E-state index in [0.29, 0.717) is 30.3 Å². The monoisotopic (exact) mass is 492 g/mol. The van der Waals surface area contributed by atoms with Crippen molar-refractivity contribution in [3.05, 3.63) is 87.9 Å². The predicted octanol–water partition coefficient (Wildman–Crippen LogP) is 6.89. The molecule has 0 aliphatic carbocycles. The van der Waals surface area contributed by atoms with Crippen LogP contribution in [0.15, 0.2) is 76.3 Å². The Hall–Kier alpha value is -3.00. The minimum Gasteiger partial charge on any atom is -0.490 e. The number of halogens is 4. The number of rotatable bonds is 8. The molecule has 3 aromatic rings. The highest BCUT2D eigenvalue weighted by atomic mass is 79.9. The van der Waals surface area contributed by atoms with Crippen LogP contribution < -0.4 is 14.9 Å².